The van der Waals surface area contributed by atoms with Crippen LogP contribution in [0.5, 0.6) is 5.75 Å². The molecular weight excluding hydrogens is 370 g/mol. The Morgan fingerprint density at radius 2 is 2.03 bits per heavy atom. The number of benzene rings is 1. The van der Waals surface area contributed by atoms with Crippen LogP contribution >= 0.6 is 0 Å². The molecule has 1 aliphatic heterocycles. The van der Waals surface area contributed by atoms with Gasteiger partial charge in [0.25, 0.3) is 0 Å². The molecule has 1 amide bonds. The molecule has 0 bridgehead atoms. The molecule has 1 aliphatic rings. The minimum absolute atomic E-state index is 0.416. The van der Waals surface area contributed by atoms with Crippen LogP contribution in [0, 0.1) is 0 Å². The first-order chi connectivity index (χ1) is 13.7. The number of aromatic amines is 1. The lowest BCUT2D eigenvalue weighted by Crippen LogP contribution is -2.44. The lowest BCUT2D eigenvalue weighted by molar-refractivity contribution is -0.139. The molecule has 2 heterocycles. The fourth-order valence-corrected chi connectivity index (χ4v) is 3.57. The van der Waals surface area contributed by atoms with Crippen molar-refractivity contribution in [3.8, 4) is 5.75 Å². The number of carbonyl (C=O) groups excluding carboxylic acids is 2. The van der Waals surface area contributed by atoms with E-state index in [1.165, 1.54) is 4.90 Å². The Hall–Kier alpha value is -2.54. The van der Waals surface area contributed by atoms with E-state index in [4.69, 9.17) is 9.47 Å². The van der Waals surface area contributed by atoms with Gasteiger partial charge in [-0.25, -0.2) is 9.59 Å². The fraction of sp³-hybridized carbons (Fsp3) is 0.545. The number of H-pyrrole nitrogens is 1. The molecule has 0 spiro atoms. The minimum atomic E-state index is -0.621. The van der Waals surface area contributed by atoms with Crippen molar-refractivity contribution in [1.82, 2.24) is 14.8 Å². The summed E-state index contributed by atoms with van der Waals surface area (Å²) in [5.41, 5.74) is 1.43. The summed E-state index contributed by atoms with van der Waals surface area (Å²) in [4.78, 5) is 32.3. The average molecular weight is 402 g/mol. The second-order valence-electron chi connectivity index (χ2n) is 8.80. The summed E-state index contributed by atoms with van der Waals surface area (Å²) in [6.45, 7) is 6.84. The number of rotatable bonds is 5. The summed E-state index contributed by atoms with van der Waals surface area (Å²) >= 11 is 0. The van der Waals surface area contributed by atoms with Gasteiger partial charge in [-0.3, -0.25) is 4.90 Å². The lowest BCUT2D eigenvalue weighted by Gasteiger charge is -2.27. The third kappa shape index (κ3) is 5.09. The van der Waals surface area contributed by atoms with Gasteiger partial charge in [-0.15, -0.1) is 0 Å². The molecule has 0 radical (unpaired) electrons. The highest BCUT2D eigenvalue weighted by Gasteiger charge is 2.38. The van der Waals surface area contributed by atoms with E-state index < -0.39 is 23.7 Å². The van der Waals surface area contributed by atoms with Gasteiger partial charge >= 0.3 is 12.1 Å². The Morgan fingerprint density at radius 3 is 2.72 bits per heavy atom. The number of aromatic nitrogens is 1. The van der Waals surface area contributed by atoms with Crippen molar-refractivity contribution in [2.24, 2.45) is 0 Å². The van der Waals surface area contributed by atoms with Gasteiger partial charge in [0.15, 0.2) is 0 Å². The number of hydrogen-bond acceptors (Lipinski definition) is 5. The zero-order chi connectivity index (χ0) is 21.2. The molecule has 1 N–H and O–H groups in total. The summed E-state index contributed by atoms with van der Waals surface area (Å²) < 4.78 is 11.3. The monoisotopic (exact) mass is 401 g/mol. The van der Waals surface area contributed by atoms with Crippen LogP contribution in [0.25, 0.3) is 10.9 Å². The van der Waals surface area contributed by atoms with Crippen LogP contribution in [0.1, 0.15) is 39.2 Å². The van der Waals surface area contributed by atoms with E-state index in [1.54, 1.807) is 6.07 Å². The first kappa shape index (κ1) is 21.2. The normalized spacial score (nSPS) is 17.2. The molecule has 3 rings (SSSR count). The molecule has 1 aromatic carbocycles. The van der Waals surface area contributed by atoms with Gasteiger partial charge in [-0.2, -0.15) is 0 Å². The summed E-state index contributed by atoms with van der Waals surface area (Å²) in [6.07, 6.45) is 3.67. The highest BCUT2D eigenvalue weighted by molar-refractivity contribution is 5.92. The second kappa shape index (κ2) is 8.45. The third-order valence-electron chi connectivity index (χ3n) is 4.94. The van der Waals surface area contributed by atoms with Crippen molar-refractivity contribution < 1.29 is 19.1 Å². The first-order valence-electron chi connectivity index (χ1n) is 10.1. The molecule has 0 saturated carbocycles. The van der Waals surface area contributed by atoms with E-state index in [9.17, 15) is 9.59 Å². The molecule has 7 heteroatoms. The summed E-state index contributed by atoms with van der Waals surface area (Å²) in [5.74, 6) is 0.110. The number of ether oxygens (including phenoxy) is 2. The van der Waals surface area contributed by atoms with Crippen LogP contribution in [-0.2, 0) is 16.0 Å². The number of likely N-dealkylation sites (N-methyl/N-ethyl adjacent to an activating group) is 1. The largest absolute Gasteiger partial charge is 0.444 e. The quantitative estimate of drug-likeness (QED) is 0.612. The smallest absolute Gasteiger partial charge is 0.411 e. The number of nitrogens with zero attached hydrogens (tertiary/aromatic N) is 2. The van der Waals surface area contributed by atoms with Crippen LogP contribution in [0.4, 0.5) is 4.79 Å². The third-order valence-corrected chi connectivity index (χ3v) is 4.94. The zero-order valence-electron chi connectivity index (χ0n) is 17.9. The van der Waals surface area contributed by atoms with Gasteiger partial charge in [0.05, 0.1) is 0 Å². The Morgan fingerprint density at radius 1 is 1.28 bits per heavy atom. The van der Waals surface area contributed by atoms with E-state index in [0.29, 0.717) is 18.7 Å². The Bertz CT molecular complexity index is 882. The maximum absolute atomic E-state index is 12.9. The molecule has 1 fully saturated rings. The maximum atomic E-state index is 12.9. The Labute approximate surface area is 171 Å². The first-order valence-corrected chi connectivity index (χ1v) is 10.1. The number of esters is 1. The van der Waals surface area contributed by atoms with E-state index in [1.807, 2.05) is 53.2 Å². The molecule has 29 heavy (non-hydrogen) atoms. The van der Waals surface area contributed by atoms with Crippen LogP contribution in [0.2, 0.25) is 0 Å². The summed E-state index contributed by atoms with van der Waals surface area (Å²) in [7, 11) is 4.06. The number of likely N-dealkylation sites (tertiary alicyclic amines) is 1. The lowest BCUT2D eigenvalue weighted by atomic mass is 10.1. The van der Waals surface area contributed by atoms with Gasteiger partial charge in [0, 0.05) is 30.2 Å². The maximum Gasteiger partial charge on any atom is 0.411 e. The summed E-state index contributed by atoms with van der Waals surface area (Å²) in [5, 5.41) is 0.921. The van der Waals surface area contributed by atoms with Crippen molar-refractivity contribution in [1.29, 1.82) is 0 Å². The fourth-order valence-electron chi connectivity index (χ4n) is 3.57. The number of nitrogens with one attached hydrogen (secondary N) is 1. The van der Waals surface area contributed by atoms with Crippen LogP contribution in [-0.4, -0.2) is 65.7 Å². The van der Waals surface area contributed by atoms with Crippen molar-refractivity contribution >= 4 is 23.0 Å². The van der Waals surface area contributed by atoms with Gasteiger partial charge < -0.3 is 19.4 Å². The molecule has 1 atom stereocenters. The Balaban J connectivity index is 1.78. The molecule has 2 aromatic rings. The molecule has 7 nitrogen and oxygen atoms in total. The van der Waals surface area contributed by atoms with Gasteiger partial charge in [-0.05, 0) is 71.8 Å². The van der Waals surface area contributed by atoms with Gasteiger partial charge in [0.1, 0.15) is 17.4 Å². The number of carbonyl (C=O) groups is 2. The van der Waals surface area contributed by atoms with E-state index in [-0.39, 0.29) is 0 Å². The summed E-state index contributed by atoms with van der Waals surface area (Å²) in [6, 6.07) is 5.01. The van der Waals surface area contributed by atoms with E-state index in [2.05, 4.69) is 9.88 Å². The minimum Gasteiger partial charge on any atom is -0.444 e. The van der Waals surface area contributed by atoms with Crippen LogP contribution < -0.4 is 4.74 Å². The molecular formula is C22H31N3O4. The molecule has 158 valence electrons. The van der Waals surface area contributed by atoms with Crippen molar-refractivity contribution in [2.45, 2.75) is 51.7 Å². The standard InChI is InChI=1S/C22H31N3O4/c1-22(2,3)29-21(27)25-12-7-9-17(25)20(26)28-18-10-6-8-16-19(18)15(14-23-16)11-13-24(4)5/h6,8,10,14,17,23H,7,9,11-13H2,1-5H3. The molecule has 1 unspecified atom stereocenters. The molecule has 0 aliphatic carbocycles. The van der Waals surface area contributed by atoms with Crippen LogP contribution in [0.15, 0.2) is 24.4 Å². The number of amides is 1. The Kier molecular flexibility index (Phi) is 6.17. The number of hydrogen-bond donors (Lipinski definition) is 1. The molecule has 1 saturated heterocycles. The highest BCUT2D eigenvalue weighted by atomic mass is 16.6. The topological polar surface area (TPSA) is 74.9 Å². The zero-order valence-corrected chi connectivity index (χ0v) is 17.9. The van der Waals surface area contributed by atoms with Gasteiger partial charge in [0.2, 0.25) is 0 Å². The van der Waals surface area contributed by atoms with E-state index >= 15 is 0 Å². The SMILES string of the molecule is CN(C)CCc1c[nH]c2cccc(OC(=O)C3CCCN3C(=O)OC(C)(C)C)c12. The van der Waals surface area contributed by atoms with E-state index in [0.717, 1.165) is 35.9 Å². The van der Waals surface area contributed by atoms with Crippen molar-refractivity contribution in [3.63, 3.8) is 0 Å². The molecule has 1 aromatic heterocycles. The van der Waals surface area contributed by atoms with Gasteiger partial charge in [-0.1, -0.05) is 6.07 Å². The predicted octanol–water partition coefficient (Wildman–Crippen LogP) is 3.58. The van der Waals surface area contributed by atoms with Crippen molar-refractivity contribution in [2.75, 3.05) is 27.2 Å². The van der Waals surface area contributed by atoms with Crippen molar-refractivity contribution in [3.05, 3.63) is 30.0 Å². The number of fused-ring (bicyclic) bond motifs is 1. The van der Waals surface area contributed by atoms with Crippen LogP contribution in [0.3, 0.4) is 0 Å². The average Bonchev–Trinajstić information content (AvgIpc) is 3.26. The predicted molar refractivity (Wildman–Crippen MR) is 112 cm³/mol. The highest BCUT2D eigenvalue weighted by Crippen LogP contribution is 2.31. The second-order valence-corrected chi connectivity index (χ2v) is 8.80.